The van der Waals surface area contributed by atoms with E-state index in [2.05, 4.69) is 20.2 Å². The van der Waals surface area contributed by atoms with Crippen LogP contribution in [0.2, 0.25) is 0 Å². The molecule has 3 aromatic carbocycles. The average molecular weight is 484 g/mol. The fourth-order valence-corrected chi connectivity index (χ4v) is 4.24. The number of carbonyl (C=O) groups excluding carboxylic acids is 1. The molecule has 4 aromatic rings. The third-order valence-electron chi connectivity index (χ3n) is 4.84. The maximum absolute atomic E-state index is 13.2. The number of nitrogens with one attached hydrogen (secondary N) is 3. The Hall–Kier alpha value is -4.25. The minimum atomic E-state index is -4.05. The first kappa shape index (κ1) is 22.9. The van der Waals surface area contributed by atoms with E-state index in [0.29, 0.717) is 11.3 Å². The van der Waals surface area contributed by atoms with Gasteiger partial charge in [-0.05, 0) is 66.7 Å². The van der Waals surface area contributed by atoms with Crippen molar-refractivity contribution < 1.29 is 26.7 Å². The number of rotatable bonds is 7. The maximum Gasteiger partial charge on any atom is 0.262 e. The molecule has 3 N–H and O–H groups in total. The van der Waals surface area contributed by atoms with Crippen molar-refractivity contribution in [3.63, 3.8) is 0 Å². The molecule has 8 nitrogen and oxygen atoms in total. The largest absolute Gasteiger partial charge is 0.495 e. The van der Waals surface area contributed by atoms with Gasteiger partial charge >= 0.3 is 0 Å². The number of aromatic amines is 1. The van der Waals surface area contributed by atoms with Gasteiger partial charge in [-0.25, -0.2) is 17.2 Å². The Morgan fingerprint density at radius 1 is 0.971 bits per heavy atom. The highest BCUT2D eigenvalue weighted by Gasteiger charge is 2.19. The van der Waals surface area contributed by atoms with Crippen LogP contribution in [0.5, 0.6) is 5.75 Å². The van der Waals surface area contributed by atoms with Gasteiger partial charge in [0.15, 0.2) is 0 Å². The van der Waals surface area contributed by atoms with E-state index >= 15 is 0 Å². The van der Waals surface area contributed by atoms with Crippen LogP contribution in [-0.2, 0) is 10.0 Å². The van der Waals surface area contributed by atoms with E-state index in [1.54, 1.807) is 0 Å². The topological polar surface area (TPSA) is 113 Å². The number of H-pyrrole nitrogens is 1. The lowest BCUT2D eigenvalue weighted by Gasteiger charge is -2.14. The number of methoxy groups -OCH3 is 1. The number of ether oxygens (including phenoxy) is 1. The second-order valence-electron chi connectivity index (χ2n) is 7.09. The normalized spacial score (nSPS) is 11.1. The Bertz CT molecular complexity index is 1440. The van der Waals surface area contributed by atoms with Gasteiger partial charge in [0, 0.05) is 11.3 Å². The van der Waals surface area contributed by atoms with E-state index in [-0.39, 0.29) is 27.6 Å². The molecular weight excluding hydrogens is 466 g/mol. The number of anilines is 2. The summed E-state index contributed by atoms with van der Waals surface area (Å²) in [5, 5.41) is 9.30. The van der Waals surface area contributed by atoms with Gasteiger partial charge in [0.1, 0.15) is 17.4 Å². The van der Waals surface area contributed by atoms with Crippen molar-refractivity contribution in [3.05, 3.63) is 90.1 Å². The number of aromatic nitrogens is 2. The zero-order valence-corrected chi connectivity index (χ0v) is 18.5. The summed E-state index contributed by atoms with van der Waals surface area (Å²) in [5.41, 5.74) is 1.50. The number of amides is 1. The van der Waals surface area contributed by atoms with Crippen LogP contribution in [0.15, 0.2) is 77.8 Å². The predicted octanol–water partition coefficient (Wildman–Crippen LogP) is 4.42. The number of hydrogen-bond donors (Lipinski definition) is 3. The molecule has 11 heteroatoms. The SMILES string of the molecule is COc1ccc(NC(=O)c2cn[nH]c2-c2ccc(F)cc2)cc1NS(=O)(=O)c1ccc(F)cc1. The van der Waals surface area contributed by atoms with Crippen LogP contribution in [-0.4, -0.2) is 31.6 Å². The number of benzene rings is 3. The zero-order valence-electron chi connectivity index (χ0n) is 17.7. The highest BCUT2D eigenvalue weighted by molar-refractivity contribution is 7.92. The van der Waals surface area contributed by atoms with E-state index in [9.17, 15) is 22.0 Å². The first-order chi connectivity index (χ1) is 16.3. The zero-order chi connectivity index (χ0) is 24.3. The van der Waals surface area contributed by atoms with Crippen LogP contribution in [0.4, 0.5) is 20.2 Å². The number of halogens is 2. The first-order valence-electron chi connectivity index (χ1n) is 9.84. The molecule has 1 aromatic heterocycles. The number of sulfonamides is 1. The fraction of sp³-hybridized carbons (Fsp3) is 0.0435. The van der Waals surface area contributed by atoms with Gasteiger partial charge in [0.25, 0.3) is 15.9 Å². The third kappa shape index (κ3) is 4.89. The fourth-order valence-electron chi connectivity index (χ4n) is 3.18. The van der Waals surface area contributed by atoms with Crippen molar-refractivity contribution in [2.75, 3.05) is 17.1 Å². The Kier molecular flexibility index (Phi) is 6.28. The molecule has 1 amide bonds. The lowest BCUT2D eigenvalue weighted by molar-refractivity contribution is 0.102. The van der Waals surface area contributed by atoms with E-state index in [1.165, 1.54) is 55.8 Å². The van der Waals surface area contributed by atoms with Gasteiger partial charge in [-0.1, -0.05) is 0 Å². The number of nitrogens with zero attached hydrogens (tertiary/aromatic N) is 1. The van der Waals surface area contributed by atoms with Crippen molar-refractivity contribution in [1.82, 2.24) is 10.2 Å². The van der Waals surface area contributed by atoms with Gasteiger partial charge in [-0.2, -0.15) is 5.10 Å². The molecule has 0 spiro atoms. The van der Waals surface area contributed by atoms with Crippen molar-refractivity contribution >= 4 is 27.3 Å². The van der Waals surface area contributed by atoms with Crippen LogP contribution < -0.4 is 14.8 Å². The van der Waals surface area contributed by atoms with E-state index in [0.717, 1.165) is 24.3 Å². The van der Waals surface area contributed by atoms with Gasteiger partial charge in [0.2, 0.25) is 0 Å². The number of carbonyl (C=O) groups is 1. The molecule has 0 radical (unpaired) electrons. The van der Waals surface area contributed by atoms with E-state index < -0.39 is 27.6 Å². The highest BCUT2D eigenvalue weighted by Crippen LogP contribution is 2.31. The Balaban J connectivity index is 1.59. The van der Waals surface area contributed by atoms with Crippen LogP contribution in [0.3, 0.4) is 0 Å². The second-order valence-corrected chi connectivity index (χ2v) is 8.78. The Morgan fingerprint density at radius 2 is 1.62 bits per heavy atom. The van der Waals surface area contributed by atoms with Crippen LogP contribution in [0, 0.1) is 11.6 Å². The highest BCUT2D eigenvalue weighted by atomic mass is 32.2. The molecule has 4 rings (SSSR count). The molecule has 0 saturated heterocycles. The molecule has 0 aliphatic rings. The van der Waals surface area contributed by atoms with Crippen LogP contribution >= 0.6 is 0 Å². The number of hydrogen-bond acceptors (Lipinski definition) is 5. The summed E-state index contributed by atoms with van der Waals surface area (Å²) in [6.07, 6.45) is 1.33. The average Bonchev–Trinajstić information content (AvgIpc) is 3.30. The summed E-state index contributed by atoms with van der Waals surface area (Å²) in [6, 6.07) is 14.3. The quantitative estimate of drug-likeness (QED) is 0.360. The summed E-state index contributed by atoms with van der Waals surface area (Å²) in [6.45, 7) is 0. The summed E-state index contributed by atoms with van der Waals surface area (Å²) in [5.74, 6) is -1.30. The molecule has 34 heavy (non-hydrogen) atoms. The molecule has 0 saturated carbocycles. The molecule has 0 atom stereocenters. The van der Waals surface area contributed by atoms with Gasteiger partial charge < -0.3 is 10.1 Å². The van der Waals surface area contributed by atoms with E-state index in [1.807, 2.05) is 0 Å². The first-order valence-corrected chi connectivity index (χ1v) is 11.3. The van der Waals surface area contributed by atoms with Crippen molar-refractivity contribution in [2.45, 2.75) is 4.90 Å². The minimum Gasteiger partial charge on any atom is -0.495 e. The van der Waals surface area contributed by atoms with Gasteiger partial charge in [0.05, 0.1) is 35.1 Å². The summed E-state index contributed by atoms with van der Waals surface area (Å²) in [4.78, 5) is 12.7. The van der Waals surface area contributed by atoms with Crippen molar-refractivity contribution in [1.29, 1.82) is 0 Å². The third-order valence-corrected chi connectivity index (χ3v) is 6.22. The molecule has 0 aliphatic heterocycles. The summed E-state index contributed by atoms with van der Waals surface area (Å²) in [7, 11) is -2.69. The molecule has 174 valence electrons. The van der Waals surface area contributed by atoms with Crippen molar-refractivity contribution in [2.24, 2.45) is 0 Å². The molecule has 1 heterocycles. The Labute approximate surface area is 193 Å². The molecule has 0 fully saturated rings. The smallest absolute Gasteiger partial charge is 0.262 e. The Morgan fingerprint density at radius 3 is 2.26 bits per heavy atom. The van der Waals surface area contributed by atoms with Gasteiger partial charge in [-0.15, -0.1) is 0 Å². The lowest BCUT2D eigenvalue weighted by Crippen LogP contribution is -2.15. The predicted molar refractivity (Wildman–Crippen MR) is 122 cm³/mol. The molecule has 0 unspecified atom stereocenters. The summed E-state index contributed by atoms with van der Waals surface area (Å²) >= 11 is 0. The van der Waals surface area contributed by atoms with E-state index in [4.69, 9.17) is 4.74 Å². The second kappa shape index (κ2) is 9.32. The molecule has 0 bridgehead atoms. The molecule has 0 aliphatic carbocycles. The summed E-state index contributed by atoms with van der Waals surface area (Å²) < 4.78 is 59.4. The van der Waals surface area contributed by atoms with Crippen LogP contribution in [0.1, 0.15) is 10.4 Å². The lowest BCUT2D eigenvalue weighted by atomic mass is 10.1. The minimum absolute atomic E-state index is 0.0653. The molecular formula is C23H18F2N4O4S. The van der Waals surface area contributed by atoms with Gasteiger partial charge in [-0.3, -0.25) is 14.6 Å². The monoisotopic (exact) mass is 484 g/mol. The van der Waals surface area contributed by atoms with Crippen molar-refractivity contribution in [3.8, 4) is 17.0 Å². The van der Waals surface area contributed by atoms with Crippen LogP contribution in [0.25, 0.3) is 11.3 Å². The maximum atomic E-state index is 13.2. The standard InChI is InChI=1S/C23H18F2N4O4S/c1-33-21-11-8-17(12-20(21)29-34(31,32)18-9-6-16(25)7-10-18)27-23(30)19-13-26-28-22(19)14-2-4-15(24)5-3-14/h2-13,29H,1H3,(H,26,28)(H,27,30).